The molecule has 0 radical (unpaired) electrons. The number of hydrogen-bond donors (Lipinski definition) is 1. The molecule has 0 aliphatic heterocycles. The van der Waals surface area contributed by atoms with Crippen molar-refractivity contribution < 1.29 is 13.2 Å². The standard InChI is InChI=1S/C14H18F3N/c1-2-14(5-3-4-6-14)13(18)12-10(16)7-9(15)8-11(12)17/h7-8,13H,2-6,18H2,1H3. The molecule has 100 valence electrons. The number of rotatable bonds is 3. The summed E-state index contributed by atoms with van der Waals surface area (Å²) in [5.74, 6) is -2.66. The molecule has 1 aromatic carbocycles. The molecule has 0 heterocycles. The zero-order chi connectivity index (χ0) is 13.3. The Hall–Kier alpha value is -1.03. The first-order chi connectivity index (χ1) is 8.50. The maximum absolute atomic E-state index is 13.8. The first-order valence-corrected chi connectivity index (χ1v) is 6.40. The van der Waals surface area contributed by atoms with Crippen molar-refractivity contribution in [1.29, 1.82) is 0 Å². The van der Waals surface area contributed by atoms with E-state index in [9.17, 15) is 13.2 Å². The largest absolute Gasteiger partial charge is 0.323 e. The van der Waals surface area contributed by atoms with E-state index >= 15 is 0 Å². The molecule has 2 rings (SSSR count). The smallest absolute Gasteiger partial charge is 0.133 e. The quantitative estimate of drug-likeness (QED) is 0.867. The van der Waals surface area contributed by atoms with Gasteiger partial charge in [-0.15, -0.1) is 0 Å². The molecule has 1 atom stereocenters. The molecule has 0 aromatic heterocycles. The summed E-state index contributed by atoms with van der Waals surface area (Å²) >= 11 is 0. The van der Waals surface area contributed by atoms with Crippen LogP contribution in [0.25, 0.3) is 0 Å². The van der Waals surface area contributed by atoms with E-state index in [0.29, 0.717) is 12.1 Å². The second-order valence-electron chi connectivity index (χ2n) is 5.18. The summed E-state index contributed by atoms with van der Waals surface area (Å²) in [5, 5.41) is 0. The molecule has 1 aliphatic rings. The lowest BCUT2D eigenvalue weighted by atomic mass is 9.73. The van der Waals surface area contributed by atoms with Crippen LogP contribution in [-0.4, -0.2) is 0 Å². The summed E-state index contributed by atoms with van der Waals surface area (Å²) in [5.41, 5.74) is 5.68. The lowest BCUT2D eigenvalue weighted by Crippen LogP contribution is -2.33. The van der Waals surface area contributed by atoms with Crippen molar-refractivity contribution >= 4 is 0 Å². The number of halogens is 3. The summed E-state index contributed by atoms with van der Waals surface area (Å²) in [6, 6.07) is 0.707. The molecule has 2 N–H and O–H groups in total. The first-order valence-electron chi connectivity index (χ1n) is 6.40. The van der Waals surface area contributed by atoms with Gasteiger partial charge in [-0.25, -0.2) is 13.2 Å². The van der Waals surface area contributed by atoms with Crippen molar-refractivity contribution in [1.82, 2.24) is 0 Å². The van der Waals surface area contributed by atoms with Crippen LogP contribution in [0.1, 0.15) is 50.6 Å². The minimum atomic E-state index is -0.905. The minimum Gasteiger partial charge on any atom is -0.323 e. The van der Waals surface area contributed by atoms with Gasteiger partial charge in [0.2, 0.25) is 0 Å². The molecule has 0 bridgehead atoms. The van der Waals surface area contributed by atoms with Gasteiger partial charge >= 0.3 is 0 Å². The highest BCUT2D eigenvalue weighted by atomic mass is 19.1. The zero-order valence-corrected chi connectivity index (χ0v) is 10.5. The van der Waals surface area contributed by atoms with Crippen molar-refractivity contribution in [2.45, 2.75) is 45.1 Å². The topological polar surface area (TPSA) is 26.0 Å². The fraction of sp³-hybridized carbons (Fsp3) is 0.571. The van der Waals surface area contributed by atoms with Crippen LogP contribution >= 0.6 is 0 Å². The van der Waals surface area contributed by atoms with Crippen LogP contribution < -0.4 is 5.73 Å². The Morgan fingerprint density at radius 3 is 2.11 bits per heavy atom. The third kappa shape index (κ3) is 2.14. The summed E-state index contributed by atoms with van der Waals surface area (Å²) in [6.07, 6.45) is 4.60. The molecule has 0 saturated heterocycles. The van der Waals surface area contributed by atoms with Gasteiger partial charge < -0.3 is 5.73 Å². The van der Waals surface area contributed by atoms with Gasteiger partial charge in [0.1, 0.15) is 17.5 Å². The lowest BCUT2D eigenvalue weighted by Gasteiger charge is -2.35. The summed E-state index contributed by atoms with van der Waals surface area (Å²) in [6.45, 7) is 1.99. The highest BCUT2D eigenvalue weighted by molar-refractivity contribution is 5.26. The van der Waals surface area contributed by atoms with E-state index in [1.807, 2.05) is 6.92 Å². The predicted molar refractivity (Wildman–Crippen MR) is 64.4 cm³/mol. The zero-order valence-electron chi connectivity index (χ0n) is 10.5. The van der Waals surface area contributed by atoms with Crippen molar-refractivity contribution in [3.8, 4) is 0 Å². The van der Waals surface area contributed by atoms with Crippen LogP contribution in [0.2, 0.25) is 0 Å². The third-order valence-corrected chi connectivity index (χ3v) is 4.32. The molecule has 0 spiro atoms. The Kier molecular flexibility index (Phi) is 3.66. The summed E-state index contributed by atoms with van der Waals surface area (Å²) in [7, 11) is 0. The Morgan fingerprint density at radius 2 is 1.67 bits per heavy atom. The Labute approximate surface area is 105 Å². The fourth-order valence-corrected chi connectivity index (χ4v) is 3.12. The first kappa shape index (κ1) is 13.4. The van der Waals surface area contributed by atoms with Gasteiger partial charge in [0.15, 0.2) is 0 Å². The Bertz CT molecular complexity index is 416. The average molecular weight is 257 g/mol. The fourth-order valence-electron chi connectivity index (χ4n) is 3.12. The van der Waals surface area contributed by atoms with Gasteiger partial charge in [0.25, 0.3) is 0 Å². The van der Waals surface area contributed by atoms with Crippen LogP contribution in [0.3, 0.4) is 0 Å². The number of benzene rings is 1. The average Bonchev–Trinajstić information content (AvgIpc) is 2.77. The molecule has 1 aliphatic carbocycles. The third-order valence-electron chi connectivity index (χ3n) is 4.32. The summed E-state index contributed by atoms with van der Waals surface area (Å²) in [4.78, 5) is 0. The van der Waals surface area contributed by atoms with E-state index in [4.69, 9.17) is 5.73 Å². The van der Waals surface area contributed by atoms with Crippen LogP contribution in [0.5, 0.6) is 0 Å². The van der Waals surface area contributed by atoms with E-state index in [-0.39, 0.29) is 11.0 Å². The van der Waals surface area contributed by atoms with Gasteiger partial charge in [-0.2, -0.15) is 0 Å². The van der Waals surface area contributed by atoms with Crippen LogP contribution in [0.15, 0.2) is 12.1 Å². The van der Waals surface area contributed by atoms with Crippen LogP contribution in [0, 0.1) is 22.9 Å². The van der Waals surface area contributed by atoms with Crippen LogP contribution in [-0.2, 0) is 0 Å². The second kappa shape index (κ2) is 4.92. The van der Waals surface area contributed by atoms with Crippen molar-refractivity contribution in [3.05, 3.63) is 35.1 Å². The van der Waals surface area contributed by atoms with Crippen molar-refractivity contribution in [3.63, 3.8) is 0 Å². The Balaban J connectivity index is 2.42. The van der Waals surface area contributed by atoms with E-state index in [1.54, 1.807) is 0 Å². The molecule has 18 heavy (non-hydrogen) atoms. The number of hydrogen-bond acceptors (Lipinski definition) is 1. The van der Waals surface area contributed by atoms with E-state index < -0.39 is 23.5 Å². The maximum atomic E-state index is 13.8. The maximum Gasteiger partial charge on any atom is 0.133 e. The minimum absolute atomic E-state index is 0.167. The SMILES string of the molecule is CCC1(C(N)c2c(F)cc(F)cc2F)CCCC1. The molecule has 1 unspecified atom stereocenters. The summed E-state index contributed by atoms with van der Waals surface area (Å²) < 4.78 is 40.4. The lowest BCUT2D eigenvalue weighted by molar-refractivity contribution is 0.213. The van der Waals surface area contributed by atoms with Crippen molar-refractivity contribution in [2.24, 2.45) is 11.1 Å². The van der Waals surface area contributed by atoms with Gasteiger partial charge in [-0.05, 0) is 24.7 Å². The van der Waals surface area contributed by atoms with Gasteiger partial charge in [-0.1, -0.05) is 19.8 Å². The molecule has 1 saturated carbocycles. The van der Waals surface area contributed by atoms with Crippen LogP contribution in [0.4, 0.5) is 13.2 Å². The van der Waals surface area contributed by atoms with E-state index in [0.717, 1.165) is 32.1 Å². The monoisotopic (exact) mass is 257 g/mol. The molecule has 1 nitrogen and oxygen atoms in total. The van der Waals surface area contributed by atoms with Gasteiger partial charge in [0, 0.05) is 23.7 Å². The Morgan fingerprint density at radius 1 is 1.17 bits per heavy atom. The highest BCUT2D eigenvalue weighted by Crippen LogP contribution is 2.49. The van der Waals surface area contributed by atoms with E-state index in [1.165, 1.54) is 0 Å². The molecule has 0 amide bonds. The molecular formula is C14H18F3N. The molecule has 1 aromatic rings. The van der Waals surface area contributed by atoms with Gasteiger partial charge in [-0.3, -0.25) is 0 Å². The van der Waals surface area contributed by atoms with E-state index in [2.05, 4.69) is 0 Å². The second-order valence-corrected chi connectivity index (χ2v) is 5.18. The predicted octanol–water partition coefficient (Wildman–Crippen LogP) is 4.07. The highest BCUT2D eigenvalue weighted by Gasteiger charge is 2.40. The molecule has 1 fully saturated rings. The van der Waals surface area contributed by atoms with Crippen molar-refractivity contribution in [2.75, 3.05) is 0 Å². The molecule has 4 heteroatoms. The number of nitrogens with two attached hydrogens (primary N) is 1. The van der Waals surface area contributed by atoms with Gasteiger partial charge in [0.05, 0.1) is 0 Å². The normalized spacial score (nSPS) is 20.1. The molecular weight excluding hydrogens is 239 g/mol.